The van der Waals surface area contributed by atoms with Crippen LogP contribution in [0.3, 0.4) is 0 Å². The van der Waals surface area contributed by atoms with Gasteiger partial charge in [-0.2, -0.15) is 0 Å². The normalized spacial score (nSPS) is 15.2. The molecule has 0 aliphatic heterocycles. The van der Waals surface area contributed by atoms with Gasteiger partial charge < -0.3 is 9.88 Å². The molecule has 6 heteroatoms. The smallest absolute Gasteiger partial charge is 0.230 e. The minimum absolute atomic E-state index is 0.105. The van der Waals surface area contributed by atoms with Gasteiger partial charge >= 0.3 is 0 Å². The Morgan fingerprint density at radius 3 is 2.73 bits per heavy atom. The first-order valence-electron chi connectivity index (χ1n) is 9.24. The number of hydrogen-bond donors (Lipinski definition) is 1. The summed E-state index contributed by atoms with van der Waals surface area (Å²) in [6.07, 6.45) is 6.20. The highest BCUT2D eigenvalue weighted by Crippen LogP contribution is 2.34. The molecule has 0 radical (unpaired) electrons. The van der Waals surface area contributed by atoms with E-state index in [0.717, 1.165) is 10.9 Å². The average molecular weight is 376 g/mol. The molecule has 1 aromatic carbocycles. The zero-order chi connectivity index (χ0) is 18.5. The van der Waals surface area contributed by atoms with Crippen molar-refractivity contribution in [2.75, 3.05) is 5.75 Å². The van der Waals surface area contributed by atoms with Gasteiger partial charge in [0, 0.05) is 23.8 Å². The molecule has 1 N–H and O–H groups in total. The lowest BCUT2D eigenvalue weighted by atomic mass is 9.95. The lowest BCUT2D eigenvalue weighted by molar-refractivity contribution is -0.118. The van der Waals surface area contributed by atoms with E-state index in [0.29, 0.717) is 11.6 Å². The van der Waals surface area contributed by atoms with E-state index >= 15 is 0 Å². The Balaban J connectivity index is 1.59. The molecule has 1 aromatic heterocycles. The number of amides is 1. The molecular formula is C20H26FN3OS. The molecule has 0 bridgehead atoms. The van der Waals surface area contributed by atoms with E-state index in [2.05, 4.69) is 21.8 Å². The Hall–Kier alpha value is -1.82. The fraction of sp³-hybridized carbons (Fsp3) is 0.500. The van der Waals surface area contributed by atoms with Crippen molar-refractivity contribution < 1.29 is 9.18 Å². The summed E-state index contributed by atoms with van der Waals surface area (Å²) in [6, 6.07) is 7.00. The lowest BCUT2D eigenvalue weighted by Crippen LogP contribution is -2.25. The van der Waals surface area contributed by atoms with Crippen molar-refractivity contribution in [1.82, 2.24) is 14.9 Å². The number of imidazole rings is 1. The number of aryl methyl sites for hydroxylation is 1. The molecule has 26 heavy (non-hydrogen) atoms. The highest BCUT2D eigenvalue weighted by Gasteiger charge is 2.22. The maximum absolute atomic E-state index is 13.6. The van der Waals surface area contributed by atoms with Gasteiger partial charge in [-0.25, -0.2) is 9.37 Å². The Labute approximate surface area is 158 Å². The first kappa shape index (κ1) is 19.0. The number of aromatic nitrogens is 2. The molecule has 2 aromatic rings. The summed E-state index contributed by atoms with van der Waals surface area (Å²) in [5.74, 6) is -0.108. The molecule has 1 amide bonds. The molecule has 0 spiro atoms. The largest absolute Gasteiger partial charge is 0.351 e. The van der Waals surface area contributed by atoms with Crippen LogP contribution in [0.5, 0.6) is 0 Å². The van der Waals surface area contributed by atoms with Crippen LogP contribution in [0.2, 0.25) is 0 Å². The maximum atomic E-state index is 13.6. The number of halogens is 1. The summed E-state index contributed by atoms with van der Waals surface area (Å²) in [4.78, 5) is 16.9. The second kappa shape index (κ2) is 8.71. The van der Waals surface area contributed by atoms with E-state index in [1.807, 2.05) is 6.92 Å². The molecule has 1 aliphatic carbocycles. The first-order chi connectivity index (χ1) is 12.6. The predicted molar refractivity (Wildman–Crippen MR) is 103 cm³/mol. The fourth-order valence-electron chi connectivity index (χ4n) is 3.48. The van der Waals surface area contributed by atoms with Gasteiger partial charge in [-0.3, -0.25) is 4.79 Å². The molecular weight excluding hydrogens is 349 g/mol. The Morgan fingerprint density at radius 1 is 1.27 bits per heavy atom. The Morgan fingerprint density at radius 2 is 2.00 bits per heavy atom. The van der Waals surface area contributed by atoms with Crippen LogP contribution in [0, 0.1) is 19.7 Å². The predicted octanol–water partition coefficient (Wildman–Crippen LogP) is 4.55. The fourth-order valence-corrected chi connectivity index (χ4v) is 4.47. The first-order valence-corrected chi connectivity index (χ1v) is 10.2. The summed E-state index contributed by atoms with van der Waals surface area (Å²) in [5, 5.41) is 3.72. The average Bonchev–Trinajstić information content (AvgIpc) is 2.94. The van der Waals surface area contributed by atoms with E-state index in [-0.39, 0.29) is 24.0 Å². The third-order valence-electron chi connectivity index (χ3n) is 5.06. The van der Waals surface area contributed by atoms with Crippen LogP contribution in [0.4, 0.5) is 4.39 Å². The van der Waals surface area contributed by atoms with Gasteiger partial charge in [0.2, 0.25) is 5.91 Å². The minimum Gasteiger partial charge on any atom is -0.351 e. The van der Waals surface area contributed by atoms with Gasteiger partial charge in [0.25, 0.3) is 0 Å². The number of nitrogens with one attached hydrogen (secondary N) is 1. The van der Waals surface area contributed by atoms with Crippen molar-refractivity contribution in [2.45, 2.75) is 63.7 Å². The summed E-state index contributed by atoms with van der Waals surface area (Å²) < 4.78 is 15.9. The number of nitrogens with zero attached hydrogens (tertiary/aromatic N) is 2. The summed E-state index contributed by atoms with van der Waals surface area (Å²) >= 11 is 1.47. The van der Waals surface area contributed by atoms with E-state index < -0.39 is 0 Å². The second-order valence-corrected chi connectivity index (χ2v) is 7.83. The van der Waals surface area contributed by atoms with Gasteiger partial charge in [0.1, 0.15) is 5.82 Å². The molecule has 0 atom stereocenters. The van der Waals surface area contributed by atoms with E-state index in [9.17, 15) is 9.18 Å². The zero-order valence-electron chi connectivity index (χ0n) is 15.4. The van der Waals surface area contributed by atoms with E-state index in [1.54, 1.807) is 18.2 Å². The van der Waals surface area contributed by atoms with Gasteiger partial charge in [-0.05, 0) is 32.8 Å². The monoisotopic (exact) mass is 375 g/mol. The molecule has 4 nitrogen and oxygen atoms in total. The molecule has 1 heterocycles. The molecule has 0 saturated heterocycles. The second-order valence-electron chi connectivity index (χ2n) is 6.88. The summed E-state index contributed by atoms with van der Waals surface area (Å²) in [6.45, 7) is 4.34. The van der Waals surface area contributed by atoms with Crippen LogP contribution in [0.1, 0.15) is 55.1 Å². The van der Waals surface area contributed by atoms with E-state index in [1.165, 1.54) is 55.6 Å². The van der Waals surface area contributed by atoms with Gasteiger partial charge in [-0.15, -0.1) is 0 Å². The topological polar surface area (TPSA) is 46.9 Å². The van der Waals surface area contributed by atoms with Gasteiger partial charge in [0.05, 0.1) is 11.4 Å². The van der Waals surface area contributed by atoms with Gasteiger partial charge in [0.15, 0.2) is 5.16 Å². The van der Waals surface area contributed by atoms with Crippen LogP contribution in [0.15, 0.2) is 29.4 Å². The number of carbonyl (C=O) groups is 1. The third kappa shape index (κ3) is 4.47. The highest BCUT2D eigenvalue weighted by atomic mass is 32.2. The number of hydrogen-bond acceptors (Lipinski definition) is 3. The van der Waals surface area contributed by atoms with Crippen molar-refractivity contribution >= 4 is 17.7 Å². The Kier molecular flexibility index (Phi) is 6.35. The number of benzene rings is 1. The SMILES string of the molecule is Cc1nc(SCC(=O)NCc2ccccc2F)n(C2CCCCC2)c1C. The molecule has 0 unspecified atom stereocenters. The number of carbonyl (C=O) groups excluding carboxylic acids is 1. The minimum atomic E-state index is -0.292. The zero-order valence-corrected chi connectivity index (χ0v) is 16.2. The third-order valence-corrected chi connectivity index (χ3v) is 6.01. The van der Waals surface area contributed by atoms with Crippen LogP contribution < -0.4 is 5.32 Å². The number of thioether (sulfide) groups is 1. The molecule has 3 rings (SSSR count). The van der Waals surface area contributed by atoms with Crippen LogP contribution in [-0.4, -0.2) is 21.2 Å². The molecule has 1 fully saturated rings. The lowest BCUT2D eigenvalue weighted by Gasteiger charge is -2.26. The highest BCUT2D eigenvalue weighted by molar-refractivity contribution is 7.99. The maximum Gasteiger partial charge on any atom is 0.230 e. The summed E-state index contributed by atoms with van der Waals surface area (Å²) in [7, 11) is 0. The van der Waals surface area contributed by atoms with Crippen LogP contribution in [0.25, 0.3) is 0 Å². The summed E-state index contributed by atoms with van der Waals surface area (Å²) in [5.41, 5.74) is 2.73. The molecule has 1 aliphatic rings. The standard InChI is InChI=1S/C20H26FN3OS/c1-14-15(2)24(17-9-4-3-5-10-17)20(23-14)26-13-19(25)22-12-16-8-6-7-11-18(16)21/h6-8,11,17H,3-5,9-10,12-13H2,1-2H3,(H,22,25). The Bertz CT molecular complexity index is 768. The van der Waals surface area contributed by atoms with Crippen LogP contribution in [-0.2, 0) is 11.3 Å². The van der Waals surface area contributed by atoms with Gasteiger partial charge in [-0.1, -0.05) is 49.2 Å². The number of rotatable bonds is 6. The van der Waals surface area contributed by atoms with E-state index in [4.69, 9.17) is 0 Å². The van der Waals surface area contributed by atoms with Crippen molar-refractivity contribution in [3.05, 3.63) is 47.0 Å². The molecule has 1 saturated carbocycles. The van der Waals surface area contributed by atoms with Crippen molar-refractivity contribution in [3.63, 3.8) is 0 Å². The molecule has 140 valence electrons. The quantitative estimate of drug-likeness (QED) is 0.753. The van der Waals surface area contributed by atoms with Crippen molar-refractivity contribution in [1.29, 1.82) is 0 Å². The van der Waals surface area contributed by atoms with Crippen molar-refractivity contribution in [2.24, 2.45) is 0 Å². The van der Waals surface area contributed by atoms with Crippen LogP contribution >= 0.6 is 11.8 Å². The van der Waals surface area contributed by atoms with Crippen molar-refractivity contribution in [3.8, 4) is 0 Å².